The first-order valence-corrected chi connectivity index (χ1v) is 15.6. The van der Waals surface area contributed by atoms with Crippen molar-refractivity contribution in [3.05, 3.63) is 146 Å². The molecule has 10 nitrogen and oxygen atoms in total. The van der Waals surface area contributed by atoms with Crippen LogP contribution in [0, 0.1) is 30.9 Å². The number of nitro benzene ring substituents is 1. The van der Waals surface area contributed by atoms with Gasteiger partial charge in [-0.2, -0.15) is 8.42 Å². The van der Waals surface area contributed by atoms with Gasteiger partial charge in [-0.15, -0.1) is 0 Å². The van der Waals surface area contributed by atoms with E-state index in [2.05, 4.69) is 10.6 Å². The molecule has 0 atom stereocenters. The molecule has 0 heterocycles. The highest BCUT2D eigenvalue weighted by molar-refractivity contribution is 7.87. The normalized spacial score (nSPS) is 12.2. The largest absolute Gasteiger partial charge is 0.378 e. The molecule has 5 aromatic carbocycles. The van der Waals surface area contributed by atoms with Crippen molar-refractivity contribution in [2.24, 2.45) is 0 Å². The van der Waals surface area contributed by atoms with Crippen LogP contribution < -0.4 is 14.8 Å². The Morgan fingerprint density at radius 2 is 1.11 bits per heavy atom. The number of nitro groups is 1. The molecular formula is C35H27N3O7S. The van der Waals surface area contributed by atoms with E-state index >= 15 is 0 Å². The van der Waals surface area contributed by atoms with Gasteiger partial charge < -0.3 is 14.8 Å². The Bertz CT molecular complexity index is 2190. The summed E-state index contributed by atoms with van der Waals surface area (Å²) in [5.74, 6) is -2.08. The predicted molar refractivity (Wildman–Crippen MR) is 174 cm³/mol. The molecule has 6 rings (SSSR count). The molecule has 1 aliphatic rings. The van der Waals surface area contributed by atoms with Gasteiger partial charge in [0.2, 0.25) is 5.78 Å². The summed E-state index contributed by atoms with van der Waals surface area (Å²) in [4.78, 5) is 40.3. The van der Waals surface area contributed by atoms with Crippen molar-refractivity contribution in [1.82, 2.24) is 0 Å². The lowest BCUT2D eigenvalue weighted by atomic mass is 9.80. The lowest BCUT2D eigenvalue weighted by Crippen LogP contribution is -2.26. The van der Waals surface area contributed by atoms with Gasteiger partial charge in [0.15, 0.2) is 11.5 Å². The lowest BCUT2D eigenvalue weighted by molar-refractivity contribution is -0.385. The average molecular weight is 634 g/mol. The molecule has 0 saturated carbocycles. The monoisotopic (exact) mass is 633 g/mol. The molecule has 0 bridgehead atoms. The summed E-state index contributed by atoms with van der Waals surface area (Å²) in [6.07, 6.45) is 0. The Labute approximate surface area is 265 Å². The third-order valence-electron chi connectivity index (χ3n) is 7.79. The molecule has 11 heteroatoms. The summed E-state index contributed by atoms with van der Waals surface area (Å²) in [6, 6.07) is 25.7. The Morgan fingerprint density at radius 3 is 1.65 bits per heavy atom. The molecule has 0 aromatic heterocycles. The minimum Gasteiger partial charge on any atom is -0.378 e. The van der Waals surface area contributed by atoms with Crippen LogP contribution in [0.4, 0.5) is 28.4 Å². The van der Waals surface area contributed by atoms with Crippen molar-refractivity contribution in [1.29, 1.82) is 0 Å². The zero-order chi connectivity index (χ0) is 32.7. The highest BCUT2D eigenvalue weighted by Crippen LogP contribution is 2.45. The quantitative estimate of drug-likeness (QED) is 0.0986. The van der Waals surface area contributed by atoms with Crippen molar-refractivity contribution < 1.29 is 27.1 Å². The second kappa shape index (κ2) is 11.6. The predicted octanol–water partition coefficient (Wildman–Crippen LogP) is 7.55. The zero-order valence-electron chi connectivity index (χ0n) is 25.0. The van der Waals surface area contributed by atoms with Crippen LogP contribution in [0.25, 0.3) is 0 Å². The van der Waals surface area contributed by atoms with Crippen LogP contribution in [-0.2, 0) is 10.1 Å². The van der Waals surface area contributed by atoms with Crippen molar-refractivity contribution in [3.8, 4) is 5.75 Å². The van der Waals surface area contributed by atoms with Crippen LogP contribution in [0.3, 0.4) is 0 Å². The summed E-state index contributed by atoms with van der Waals surface area (Å²) >= 11 is 0. The number of nitrogens with zero attached hydrogens (tertiary/aromatic N) is 1. The molecule has 5 aromatic rings. The van der Waals surface area contributed by atoms with Gasteiger partial charge in [0.1, 0.15) is 10.5 Å². The van der Waals surface area contributed by atoms with Gasteiger partial charge in [-0.05, 0) is 74.4 Å². The fraction of sp³-hybridized carbons (Fsp3) is 0.0857. The third kappa shape index (κ3) is 5.37. The lowest BCUT2D eigenvalue weighted by Gasteiger charge is -2.25. The first kappa shape index (κ1) is 30.2. The molecule has 0 aliphatic heterocycles. The summed E-state index contributed by atoms with van der Waals surface area (Å²) in [5, 5.41) is 18.6. The van der Waals surface area contributed by atoms with Crippen molar-refractivity contribution in [2.75, 3.05) is 10.6 Å². The average Bonchev–Trinajstić information content (AvgIpc) is 3.02. The van der Waals surface area contributed by atoms with E-state index in [9.17, 15) is 28.1 Å². The first-order valence-electron chi connectivity index (χ1n) is 14.2. The Kier molecular flexibility index (Phi) is 7.62. The standard InChI is InChI=1S/C35H27N3O7S/c1-20-12-14-23(15-13-20)46(43,44)45-29-19-17-27(37-25-11-7-5-9-22(25)3)31-33(29)35(40)32-28(38(41)42)18-16-26(30(32)34(31)39)36-24-10-6-4-8-21(24)2/h4-19,36-37H,1-3H3. The summed E-state index contributed by atoms with van der Waals surface area (Å²) in [5.41, 5.74) is 2.29. The number of ketones is 2. The van der Waals surface area contributed by atoms with Crippen LogP contribution in [0.1, 0.15) is 48.5 Å². The Balaban J connectivity index is 1.58. The minimum absolute atomic E-state index is 0.167. The van der Waals surface area contributed by atoms with E-state index < -0.39 is 49.2 Å². The van der Waals surface area contributed by atoms with E-state index in [1.807, 2.05) is 38.1 Å². The number of para-hydroxylation sites is 2. The molecule has 0 saturated heterocycles. The number of aryl methyl sites for hydroxylation is 3. The van der Waals surface area contributed by atoms with Crippen LogP contribution in [0.5, 0.6) is 5.75 Å². The second-order valence-corrected chi connectivity index (χ2v) is 12.4. The minimum atomic E-state index is -4.47. The number of fused-ring (bicyclic) bond motifs is 2. The maximum absolute atomic E-state index is 14.6. The highest BCUT2D eigenvalue weighted by Gasteiger charge is 2.42. The SMILES string of the molecule is Cc1ccc(S(=O)(=O)Oc2ccc(Nc3ccccc3C)c3c2C(=O)c2c([N+](=O)[O-])ccc(Nc4ccccc4C)c2C3=O)cc1. The van der Waals surface area contributed by atoms with E-state index in [1.165, 1.54) is 30.3 Å². The Hall–Kier alpha value is -5.81. The van der Waals surface area contributed by atoms with Crippen LogP contribution in [0.2, 0.25) is 0 Å². The molecule has 46 heavy (non-hydrogen) atoms. The molecular weight excluding hydrogens is 606 g/mol. The number of rotatable bonds is 8. The number of carbonyl (C=O) groups excluding carboxylic acids is 2. The van der Waals surface area contributed by atoms with E-state index in [0.29, 0.717) is 11.4 Å². The van der Waals surface area contributed by atoms with Gasteiger partial charge in [-0.1, -0.05) is 54.1 Å². The number of benzene rings is 5. The van der Waals surface area contributed by atoms with E-state index in [-0.39, 0.29) is 27.4 Å². The number of hydrogen-bond donors (Lipinski definition) is 2. The van der Waals surface area contributed by atoms with Crippen molar-refractivity contribution >= 4 is 50.1 Å². The smallest absolute Gasteiger partial charge is 0.339 e. The maximum atomic E-state index is 14.6. The molecule has 0 amide bonds. The number of anilines is 4. The van der Waals surface area contributed by atoms with E-state index in [4.69, 9.17) is 4.18 Å². The Morgan fingerprint density at radius 1 is 0.609 bits per heavy atom. The van der Waals surface area contributed by atoms with E-state index in [1.54, 1.807) is 43.3 Å². The number of carbonyl (C=O) groups is 2. The third-order valence-corrected chi connectivity index (χ3v) is 9.04. The highest BCUT2D eigenvalue weighted by atomic mass is 32.2. The number of hydrogen-bond acceptors (Lipinski definition) is 9. The van der Waals surface area contributed by atoms with Gasteiger partial charge in [-0.25, -0.2) is 0 Å². The first-order chi connectivity index (χ1) is 22.0. The molecule has 0 unspecified atom stereocenters. The zero-order valence-corrected chi connectivity index (χ0v) is 25.8. The van der Waals surface area contributed by atoms with Crippen molar-refractivity contribution in [3.63, 3.8) is 0 Å². The number of nitrogens with one attached hydrogen (secondary N) is 2. The summed E-state index contributed by atoms with van der Waals surface area (Å²) in [7, 11) is -4.47. The molecule has 2 N–H and O–H groups in total. The van der Waals surface area contributed by atoms with Gasteiger partial charge in [0, 0.05) is 17.4 Å². The summed E-state index contributed by atoms with van der Waals surface area (Å²) in [6.45, 7) is 5.51. The molecule has 0 radical (unpaired) electrons. The topological polar surface area (TPSA) is 145 Å². The van der Waals surface area contributed by atoms with Gasteiger partial charge >= 0.3 is 10.1 Å². The van der Waals surface area contributed by atoms with Crippen LogP contribution in [0.15, 0.2) is 102 Å². The van der Waals surface area contributed by atoms with E-state index in [0.717, 1.165) is 22.8 Å². The van der Waals surface area contributed by atoms with Crippen molar-refractivity contribution in [2.45, 2.75) is 25.7 Å². The molecule has 230 valence electrons. The van der Waals surface area contributed by atoms with Gasteiger partial charge in [0.05, 0.1) is 33.0 Å². The summed E-state index contributed by atoms with van der Waals surface area (Å²) < 4.78 is 32.2. The fourth-order valence-electron chi connectivity index (χ4n) is 5.37. The molecule has 0 spiro atoms. The maximum Gasteiger partial charge on any atom is 0.339 e. The second-order valence-electron chi connectivity index (χ2n) is 10.9. The molecule has 1 aliphatic carbocycles. The van der Waals surface area contributed by atoms with Gasteiger partial charge in [0.25, 0.3) is 5.69 Å². The van der Waals surface area contributed by atoms with Crippen LogP contribution >= 0.6 is 0 Å². The fourth-order valence-corrected chi connectivity index (χ4v) is 6.31. The van der Waals surface area contributed by atoms with Gasteiger partial charge in [-0.3, -0.25) is 19.7 Å². The van der Waals surface area contributed by atoms with Crippen LogP contribution in [-0.4, -0.2) is 24.9 Å². The molecule has 0 fully saturated rings.